The van der Waals surface area contributed by atoms with Crippen LogP contribution in [0, 0.1) is 13.8 Å². The average Bonchev–Trinajstić information content (AvgIpc) is 2.87. The lowest BCUT2D eigenvalue weighted by Crippen LogP contribution is -2.53. The Labute approximate surface area is 234 Å². The molecule has 1 atom stereocenters. The van der Waals surface area contributed by atoms with Crippen molar-refractivity contribution < 1.29 is 18.0 Å². The summed E-state index contributed by atoms with van der Waals surface area (Å²) >= 11 is 3.43. The van der Waals surface area contributed by atoms with Crippen molar-refractivity contribution in [1.29, 1.82) is 0 Å². The lowest BCUT2D eigenvalue weighted by atomic mass is 10.0. The van der Waals surface area contributed by atoms with E-state index in [0.717, 1.165) is 37.3 Å². The number of sulfonamides is 1. The van der Waals surface area contributed by atoms with E-state index in [1.807, 2.05) is 81.4 Å². The summed E-state index contributed by atoms with van der Waals surface area (Å²) in [5.74, 6) is -0.758. The third kappa shape index (κ3) is 7.68. The molecule has 2 amide bonds. The van der Waals surface area contributed by atoms with E-state index in [-0.39, 0.29) is 18.9 Å². The van der Waals surface area contributed by atoms with Crippen LogP contribution in [-0.2, 0) is 32.6 Å². The van der Waals surface area contributed by atoms with Crippen molar-refractivity contribution in [1.82, 2.24) is 10.2 Å². The fraction of sp³-hybridized carbons (Fsp3) is 0.310. The summed E-state index contributed by atoms with van der Waals surface area (Å²) < 4.78 is 27.9. The molecule has 0 aliphatic heterocycles. The minimum absolute atomic E-state index is 0.144. The van der Waals surface area contributed by atoms with E-state index in [2.05, 4.69) is 21.2 Å². The van der Waals surface area contributed by atoms with E-state index in [1.165, 1.54) is 4.90 Å². The molecule has 0 saturated carbocycles. The Hall–Kier alpha value is -3.17. The van der Waals surface area contributed by atoms with Gasteiger partial charge >= 0.3 is 0 Å². The fourth-order valence-corrected chi connectivity index (χ4v) is 5.40. The molecule has 3 aromatic rings. The predicted octanol–water partition coefficient (Wildman–Crippen LogP) is 4.61. The Balaban J connectivity index is 2.06. The summed E-state index contributed by atoms with van der Waals surface area (Å²) in [5.41, 5.74) is 3.85. The summed E-state index contributed by atoms with van der Waals surface area (Å²) in [7, 11) is -3.80. The number of hydrogen-bond donors (Lipinski definition) is 1. The van der Waals surface area contributed by atoms with Crippen molar-refractivity contribution in [3.8, 4) is 0 Å². The normalized spacial score (nSPS) is 12.0. The minimum atomic E-state index is -3.80. The zero-order valence-corrected chi connectivity index (χ0v) is 24.6. The first-order valence-electron chi connectivity index (χ1n) is 12.4. The lowest BCUT2D eigenvalue weighted by molar-refractivity contribution is -0.140. The Morgan fingerprint density at radius 2 is 1.58 bits per heavy atom. The molecule has 3 aromatic carbocycles. The molecule has 0 aliphatic carbocycles. The highest BCUT2D eigenvalue weighted by atomic mass is 79.9. The molecule has 0 bridgehead atoms. The molecule has 0 saturated heterocycles. The number of likely N-dealkylation sites (N-methyl/N-ethyl adjacent to an activating group) is 1. The number of carbonyl (C=O) groups is 2. The van der Waals surface area contributed by atoms with E-state index < -0.39 is 28.5 Å². The van der Waals surface area contributed by atoms with Gasteiger partial charge in [0.2, 0.25) is 21.8 Å². The van der Waals surface area contributed by atoms with Crippen molar-refractivity contribution in [3.05, 3.63) is 99.5 Å². The van der Waals surface area contributed by atoms with Gasteiger partial charge in [0, 0.05) is 24.0 Å². The molecular formula is C29H34BrN3O4S. The molecule has 0 aliphatic rings. The maximum Gasteiger partial charge on any atom is 0.244 e. The molecule has 0 aromatic heterocycles. The van der Waals surface area contributed by atoms with Gasteiger partial charge in [-0.05, 0) is 61.2 Å². The molecule has 0 spiro atoms. The number of rotatable bonds is 11. The number of halogens is 1. The van der Waals surface area contributed by atoms with E-state index >= 15 is 0 Å². The van der Waals surface area contributed by atoms with Gasteiger partial charge in [0.25, 0.3) is 0 Å². The van der Waals surface area contributed by atoms with Crippen LogP contribution in [0.1, 0.15) is 29.2 Å². The minimum Gasteiger partial charge on any atom is -0.355 e. The SMILES string of the molecule is CCNC(=O)C(Cc1ccccc1)N(Cc1ccc(Br)cc1)C(=O)CN(c1cccc(C)c1C)S(C)(=O)=O. The zero-order valence-electron chi connectivity index (χ0n) is 22.1. The molecule has 0 radical (unpaired) electrons. The van der Waals surface area contributed by atoms with Gasteiger partial charge in [-0.2, -0.15) is 0 Å². The second-order valence-corrected chi connectivity index (χ2v) is 12.1. The Morgan fingerprint density at radius 1 is 0.921 bits per heavy atom. The average molecular weight is 601 g/mol. The molecule has 38 heavy (non-hydrogen) atoms. The predicted molar refractivity (Wildman–Crippen MR) is 155 cm³/mol. The first-order chi connectivity index (χ1) is 18.0. The highest BCUT2D eigenvalue weighted by Gasteiger charge is 2.33. The third-order valence-electron chi connectivity index (χ3n) is 6.41. The zero-order chi connectivity index (χ0) is 27.9. The summed E-state index contributed by atoms with van der Waals surface area (Å²) in [5, 5.41) is 2.86. The van der Waals surface area contributed by atoms with Gasteiger partial charge in [0.05, 0.1) is 11.9 Å². The standard InChI is InChI=1S/C29H34BrN3O4S/c1-5-31-29(35)27(18-23-11-7-6-8-12-23)32(19-24-14-16-25(30)17-15-24)28(34)20-33(38(4,36)37)26-13-9-10-21(2)22(26)3/h6-17,27H,5,18-20H2,1-4H3,(H,31,35). The monoisotopic (exact) mass is 599 g/mol. The van der Waals surface area contributed by atoms with Gasteiger partial charge in [0.1, 0.15) is 12.6 Å². The molecule has 1 unspecified atom stereocenters. The molecule has 0 heterocycles. The van der Waals surface area contributed by atoms with Crippen molar-refractivity contribution in [2.24, 2.45) is 0 Å². The number of carbonyl (C=O) groups excluding carboxylic acids is 2. The second-order valence-electron chi connectivity index (χ2n) is 9.24. The first kappa shape index (κ1) is 29.4. The Bertz CT molecular complexity index is 1360. The number of nitrogens with one attached hydrogen (secondary N) is 1. The second kappa shape index (κ2) is 13.1. The van der Waals surface area contributed by atoms with Gasteiger partial charge in [-0.3, -0.25) is 13.9 Å². The number of hydrogen-bond acceptors (Lipinski definition) is 4. The van der Waals surface area contributed by atoms with E-state index in [0.29, 0.717) is 12.2 Å². The molecular weight excluding hydrogens is 566 g/mol. The quantitative estimate of drug-likeness (QED) is 0.349. The number of aryl methyl sites for hydroxylation is 1. The molecule has 7 nitrogen and oxygen atoms in total. The van der Waals surface area contributed by atoms with Gasteiger partial charge in [-0.25, -0.2) is 8.42 Å². The van der Waals surface area contributed by atoms with E-state index in [4.69, 9.17) is 0 Å². The first-order valence-corrected chi connectivity index (χ1v) is 15.0. The van der Waals surface area contributed by atoms with Crippen molar-refractivity contribution >= 4 is 43.5 Å². The molecule has 202 valence electrons. The number of anilines is 1. The summed E-state index contributed by atoms with van der Waals surface area (Å²) in [6.45, 7) is 5.67. The smallest absolute Gasteiger partial charge is 0.244 e. The topological polar surface area (TPSA) is 86.8 Å². The Morgan fingerprint density at radius 3 is 2.18 bits per heavy atom. The van der Waals surface area contributed by atoms with Crippen LogP contribution in [-0.4, -0.2) is 50.5 Å². The van der Waals surface area contributed by atoms with Gasteiger partial charge in [-0.1, -0.05) is 70.5 Å². The largest absolute Gasteiger partial charge is 0.355 e. The maximum absolute atomic E-state index is 14.0. The van der Waals surface area contributed by atoms with Crippen LogP contribution < -0.4 is 9.62 Å². The summed E-state index contributed by atoms with van der Waals surface area (Å²) in [6, 6.07) is 21.5. The highest BCUT2D eigenvalue weighted by Crippen LogP contribution is 2.26. The Kier molecular flexibility index (Phi) is 10.1. The van der Waals surface area contributed by atoms with Crippen LogP contribution in [0.4, 0.5) is 5.69 Å². The van der Waals surface area contributed by atoms with Crippen LogP contribution in [0.25, 0.3) is 0 Å². The number of benzene rings is 3. The van der Waals surface area contributed by atoms with Crippen LogP contribution in [0.2, 0.25) is 0 Å². The van der Waals surface area contributed by atoms with E-state index in [1.54, 1.807) is 12.1 Å². The van der Waals surface area contributed by atoms with Crippen molar-refractivity contribution in [2.45, 2.75) is 39.8 Å². The third-order valence-corrected chi connectivity index (χ3v) is 8.07. The molecule has 9 heteroatoms. The summed E-state index contributed by atoms with van der Waals surface area (Å²) in [6.07, 6.45) is 1.38. The molecule has 3 rings (SSSR count). The molecule has 0 fully saturated rings. The lowest BCUT2D eigenvalue weighted by Gasteiger charge is -2.34. The molecule has 1 N–H and O–H groups in total. The highest BCUT2D eigenvalue weighted by molar-refractivity contribution is 9.10. The van der Waals surface area contributed by atoms with Gasteiger partial charge in [-0.15, -0.1) is 0 Å². The van der Waals surface area contributed by atoms with Crippen LogP contribution in [0.3, 0.4) is 0 Å². The van der Waals surface area contributed by atoms with Crippen LogP contribution >= 0.6 is 15.9 Å². The van der Waals surface area contributed by atoms with Gasteiger partial charge < -0.3 is 10.2 Å². The van der Waals surface area contributed by atoms with Gasteiger partial charge in [0.15, 0.2) is 0 Å². The number of nitrogens with zero attached hydrogens (tertiary/aromatic N) is 2. The number of amides is 2. The maximum atomic E-state index is 14.0. The fourth-order valence-electron chi connectivity index (χ4n) is 4.23. The van der Waals surface area contributed by atoms with Crippen molar-refractivity contribution in [2.75, 3.05) is 23.7 Å². The van der Waals surface area contributed by atoms with Crippen molar-refractivity contribution in [3.63, 3.8) is 0 Å². The van der Waals surface area contributed by atoms with Crippen LogP contribution in [0.5, 0.6) is 0 Å². The summed E-state index contributed by atoms with van der Waals surface area (Å²) in [4.78, 5) is 28.8. The van der Waals surface area contributed by atoms with Crippen LogP contribution in [0.15, 0.2) is 77.3 Å². The van der Waals surface area contributed by atoms with E-state index in [9.17, 15) is 18.0 Å².